The van der Waals surface area contributed by atoms with Gasteiger partial charge in [-0.3, -0.25) is 4.79 Å². The van der Waals surface area contributed by atoms with E-state index in [9.17, 15) is 9.90 Å². The van der Waals surface area contributed by atoms with E-state index in [1.54, 1.807) is 24.3 Å². The summed E-state index contributed by atoms with van der Waals surface area (Å²) in [5.41, 5.74) is 1.61. The van der Waals surface area contributed by atoms with Gasteiger partial charge in [0.25, 0.3) is 5.91 Å². The standard InChI is InChI=1S/C16H17NO2/c1-12(13-8-4-2-5-9-13)17-16(19)15(18)14-10-6-3-7-11-14/h2-12,15,18H,1H3,(H,17,19). The third-order valence-electron chi connectivity index (χ3n) is 3.02. The lowest BCUT2D eigenvalue weighted by molar-refractivity contribution is -0.130. The lowest BCUT2D eigenvalue weighted by Gasteiger charge is -2.17. The molecule has 3 heteroatoms. The molecule has 1 amide bonds. The lowest BCUT2D eigenvalue weighted by atomic mass is 10.1. The summed E-state index contributed by atoms with van der Waals surface area (Å²) in [7, 11) is 0. The highest BCUT2D eigenvalue weighted by Gasteiger charge is 2.19. The first kappa shape index (κ1) is 13.3. The summed E-state index contributed by atoms with van der Waals surface area (Å²) in [5.74, 6) is -0.387. The van der Waals surface area contributed by atoms with Gasteiger partial charge in [-0.1, -0.05) is 60.7 Å². The Bertz CT molecular complexity index is 525. The zero-order chi connectivity index (χ0) is 13.7. The summed E-state index contributed by atoms with van der Waals surface area (Å²) in [6, 6.07) is 18.4. The molecule has 98 valence electrons. The molecule has 0 saturated heterocycles. The first-order valence-corrected chi connectivity index (χ1v) is 6.27. The number of aliphatic hydroxyl groups excluding tert-OH is 1. The Morgan fingerprint density at radius 1 is 0.947 bits per heavy atom. The van der Waals surface area contributed by atoms with Gasteiger partial charge >= 0.3 is 0 Å². The maximum atomic E-state index is 12.0. The summed E-state index contributed by atoms with van der Waals surface area (Å²) in [6.45, 7) is 1.89. The quantitative estimate of drug-likeness (QED) is 0.882. The van der Waals surface area contributed by atoms with Crippen molar-refractivity contribution in [3.05, 3.63) is 71.8 Å². The van der Waals surface area contributed by atoms with Crippen molar-refractivity contribution in [2.24, 2.45) is 0 Å². The molecule has 2 rings (SSSR count). The Morgan fingerprint density at radius 2 is 1.42 bits per heavy atom. The molecule has 0 aliphatic heterocycles. The Labute approximate surface area is 112 Å². The van der Waals surface area contributed by atoms with E-state index in [1.165, 1.54) is 0 Å². The Morgan fingerprint density at radius 3 is 1.95 bits per heavy atom. The number of benzene rings is 2. The van der Waals surface area contributed by atoms with Gasteiger partial charge in [0.1, 0.15) is 0 Å². The predicted octanol–water partition coefficient (Wildman–Crippen LogP) is 2.60. The lowest BCUT2D eigenvalue weighted by Crippen LogP contribution is -2.31. The van der Waals surface area contributed by atoms with Crippen LogP contribution in [-0.2, 0) is 4.79 Å². The fourth-order valence-corrected chi connectivity index (χ4v) is 1.90. The van der Waals surface area contributed by atoms with Crippen LogP contribution in [0, 0.1) is 0 Å². The molecule has 0 saturated carbocycles. The van der Waals surface area contributed by atoms with Crippen molar-refractivity contribution in [2.45, 2.75) is 19.1 Å². The van der Waals surface area contributed by atoms with Crippen molar-refractivity contribution >= 4 is 5.91 Å². The minimum atomic E-state index is -1.13. The number of carbonyl (C=O) groups excluding carboxylic acids is 1. The number of carbonyl (C=O) groups is 1. The number of amides is 1. The van der Waals surface area contributed by atoms with Crippen LogP contribution in [0.3, 0.4) is 0 Å². The zero-order valence-corrected chi connectivity index (χ0v) is 10.8. The molecular formula is C16H17NO2. The maximum absolute atomic E-state index is 12.0. The normalized spacial score (nSPS) is 13.6. The van der Waals surface area contributed by atoms with Gasteiger partial charge in [0.05, 0.1) is 6.04 Å². The van der Waals surface area contributed by atoms with Crippen molar-refractivity contribution in [3.8, 4) is 0 Å². The summed E-state index contributed by atoms with van der Waals surface area (Å²) in [6.07, 6.45) is -1.13. The fourth-order valence-electron chi connectivity index (χ4n) is 1.90. The van der Waals surface area contributed by atoms with Crippen molar-refractivity contribution in [1.82, 2.24) is 5.32 Å². The fraction of sp³-hybridized carbons (Fsp3) is 0.188. The number of nitrogens with one attached hydrogen (secondary N) is 1. The van der Waals surface area contributed by atoms with Gasteiger partial charge in [-0.2, -0.15) is 0 Å². The smallest absolute Gasteiger partial charge is 0.253 e. The largest absolute Gasteiger partial charge is 0.378 e. The second kappa shape index (κ2) is 6.16. The van der Waals surface area contributed by atoms with Crippen LogP contribution in [0.2, 0.25) is 0 Å². The van der Waals surface area contributed by atoms with Crippen molar-refractivity contribution < 1.29 is 9.90 Å². The minimum absolute atomic E-state index is 0.132. The topological polar surface area (TPSA) is 49.3 Å². The van der Waals surface area contributed by atoms with E-state index < -0.39 is 6.10 Å². The van der Waals surface area contributed by atoms with Crippen LogP contribution >= 0.6 is 0 Å². The molecule has 2 atom stereocenters. The summed E-state index contributed by atoms with van der Waals surface area (Å²) in [5, 5.41) is 12.8. The molecule has 0 bridgehead atoms. The second-order valence-electron chi connectivity index (χ2n) is 4.45. The molecule has 0 heterocycles. The third kappa shape index (κ3) is 3.42. The first-order valence-electron chi connectivity index (χ1n) is 6.27. The molecule has 0 aliphatic carbocycles. The van der Waals surface area contributed by atoms with E-state index in [0.717, 1.165) is 5.56 Å². The van der Waals surface area contributed by atoms with E-state index >= 15 is 0 Å². The molecule has 0 fully saturated rings. The average Bonchev–Trinajstić information content (AvgIpc) is 2.48. The van der Waals surface area contributed by atoms with Crippen LogP contribution in [0.25, 0.3) is 0 Å². The molecule has 2 aromatic carbocycles. The van der Waals surface area contributed by atoms with Gasteiger partial charge in [0.15, 0.2) is 6.10 Å². The molecule has 0 aromatic heterocycles. The molecule has 0 aliphatic rings. The molecule has 0 radical (unpaired) electrons. The number of hydrogen-bond donors (Lipinski definition) is 2. The first-order chi connectivity index (χ1) is 9.18. The molecule has 3 nitrogen and oxygen atoms in total. The molecule has 19 heavy (non-hydrogen) atoms. The van der Waals surface area contributed by atoms with Gasteiger partial charge in [-0.05, 0) is 18.1 Å². The van der Waals surface area contributed by atoms with Gasteiger partial charge in [0.2, 0.25) is 0 Å². The number of aliphatic hydroxyl groups is 1. The SMILES string of the molecule is CC(NC(=O)C(O)c1ccccc1)c1ccccc1. The molecular weight excluding hydrogens is 238 g/mol. The van der Waals surface area contributed by atoms with Crippen LogP contribution < -0.4 is 5.32 Å². The number of rotatable bonds is 4. The summed E-state index contributed by atoms with van der Waals surface area (Å²) >= 11 is 0. The van der Waals surface area contributed by atoms with Gasteiger partial charge in [-0.25, -0.2) is 0 Å². The second-order valence-corrected chi connectivity index (χ2v) is 4.45. The molecule has 0 spiro atoms. The third-order valence-corrected chi connectivity index (χ3v) is 3.02. The Kier molecular flexibility index (Phi) is 4.31. The van der Waals surface area contributed by atoms with Crippen LogP contribution in [-0.4, -0.2) is 11.0 Å². The van der Waals surface area contributed by atoms with Crippen molar-refractivity contribution in [3.63, 3.8) is 0 Å². The van der Waals surface area contributed by atoms with Crippen LogP contribution in [0.4, 0.5) is 0 Å². The highest BCUT2D eigenvalue weighted by molar-refractivity contribution is 5.82. The minimum Gasteiger partial charge on any atom is -0.378 e. The summed E-state index contributed by atoms with van der Waals surface area (Å²) in [4.78, 5) is 12.0. The molecule has 2 N–H and O–H groups in total. The van der Waals surface area contributed by atoms with Crippen molar-refractivity contribution in [1.29, 1.82) is 0 Å². The number of hydrogen-bond acceptors (Lipinski definition) is 2. The highest BCUT2D eigenvalue weighted by Crippen LogP contribution is 2.16. The van der Waals surface area contributed by atoms with E-state index in [2.05, 4.69) is 5.32 Å². The summed E-state index contributed by atoms with van der Waals surface area (Å²) < 4.78 is 0. The van der Waals surface area contributed by atoms with Gasteiger partial charge in [0, 0.05) is 0 Å². The molecule has 2 aromatic rings. The Hall–Kier alpha value is -2.13. The average molecular weight is 255 g/mol. The Balaban J connectivity index is 2.02. The van der Waals surface area contributed by atoms with E-state index in [4.69, 9.17) is 0 Å². The van der Waals surface area contributed by atoms with Crippen LogP contribution in [0.5, 0.6) is 0 Å². The van der Waals surface area contributed by atoms with E-state index in [0.29, 0.717) is 5.56 Å². The maximum Gasteiger partial charge on any atom is 0.253 e. The monoisotopic (exact) mass is 255 g/mol. The predicted molar refractivity (Wildman–Crippen MR) is 74.4 cm³/mol. The van der Waals surface area contributed by atoms with Crippen molar-refractivity contribution in [2.75, 3.05) is 0 Å². The molecule has 2 unspecified atom stereocenters. The van der Waals surface area contributed by atoms with E-state index in [1.807, 2.05) is 43.3 Å². The van der Waals surface area contributed by atoms with Crippen LogP contribution in [0.15, 0.2) is 60.7 Å². The highest BCUT2D eigenvalue weighted by atomic mass is 16.3. The van der Waals surface area contributed by atoms with Crippen LogP contribution in [0.1, 0.15) is 30.2 Å². The van der Waals surface area contributed by atoms with Gasteiger partial charge in [-0.15, -0.1) is 0 Å². The zero-order valence-electron chi connectivity index (χ0n) is 10.8. The van der Waals surface area contributed by atoms with E-state index in [-0.39, 0.29) is 11.9 Å². The van der Waals surface area contributed by atoms with Gasteiger partial charge < -0.3 is 10.4 Å².